The molecule has 0 atom stereocenters. The highest BCUT2D eigenvalue weighted by molar-refractivity contribution is 5.76. The summed E-state index contributed by atoms with van der Waals surface area (Å²) in [6.45, 7) is 1.76. The fraction of sp³-hybridized carbons (Fsp3) is 0.417. The molecule has 3 nitrogen and oxygen atoms in total. The van der Waals surface area contributed by atoms with Crippen LogP contribution in [0.3, 0.4) is 0 Å². The monoisotopic (exact) mass is 202 g/mol. The third kappa shape index (κ3) is 1.63. The third-order valence-corrected chi connectivity index (χ3v) is 3.07. The molecule has 1 saturated heterocycles. The van der Waals surface area contributed by atoms with Crippen LogP contribution in [-0.4, -0.2) is 23.2 Å². The number of H-pyrrole nitrogens is 1. The number of ether oxygens (including phenoxy) is 1. The van der Waals surface area contributed by atoms with Crippen molar-refractivity contribution >= 4 is 11.0 Å². The van der Waals surface area contributed by atoms with Crippen molar-refractivity contribution in [1.29, 1.82) is 0 Å². The Morgan fingerprint density at radius 1 is 1.33 bits per heavy atom. The van der Waals surface area contributed by atoms with Gasteiger partial charge in [0.05, 0.1) is 0 Å². The summed E-state index contributed by atoms with van der Waals surface area (Å²) >= 11 is 0. The normalized spacial score (nSPS) is 18.4. The minimum atomic E-state index is 0.618. The quantitative estimate of drug-likeness (QED) is 0.771. The summed E-state index contributed by atoms with van der Waals surface area (Å²) in [4.78, 5) is 7.71. The number of nitrogens with one attached hydrogen (secondary N) is 1. The lowest BCUT2D eigenvalue weighted by molar-refractivity contribution is 0.0846. The van der Waals surface area contributed by atoms with E-state index in [1.807, 2.05) is 12.3 Å². The highest BCUT2D eigenvalue weighted by Gasteiger charge is 2.17. The Kier molecular flexibility index (Phi) is 2.18. The maximum Gasteiger partial charge on any atom is 0.137 e. The van der Waals surface area contributed by atoms with Crippen molar-refractivity contribution in [3.05, 3.63) is 30.1 Å². The van der Waals surface area contributed by atoms with E-state index in [9.17, 15) is 0 Å². The number of pyridine rings is 1. The molecule has 0 radical (unpaired) electrons. The predicted molar refractivity (Wildman–Crippen MR) is 58.9 cm³/mol. The molecule has 3 heterocycles. The standard InChI is InChI=1S/C12H14N2O/c1-2-10-8-11(14-12(10)13-5-1)9-3-6-15-7-4-9/h1-2,5,8-9H,3-4,6-7H2,(H,13,14). The van der Waals surface area contributed by atoms with Gasteiger partial charge in [-0.1, -0.05) is 0 Å². The molecule has 15 heavy (non-hydrogen) atoms. The molecule has 0 bridgehead atoms. The molecule has 0 spiro atoms. The second kappa shape index (κ2) is 3.66. The fourth-order valence-electron chi connectivity index (χ4n) is 2.21. The topological polar surface area (TPSA) is 37.9 Å². The Labute approximate surface area is 88.5 Å². The first-order chi connectivity index (χ1) is 7.43. The van der Waals surface area contributed by atoms with Gasteiger partial charge in [0.15, 0.2) is 0 Å². The first kappa shape index (κ1) is 8.92. The summed E-state index contributed by atoms with van der Waals surface area (Å²) in [6, 6.07) is 6.30. The Bertz CT molecular complexity index is 424. The molecule has 0 saturated carbocycles. The number of aromatic nitrogens is 2. The maximum absolute atomic E-state index is 5.37. The van der Waals surface area contributed by atoms with Gasteiger partial charge in [-0.3, -0.25) is 0 Å². The van der Waals surface area contributed by atoms with Crippen LogP contribution < -0.4 is 0 Å². The van der Waals surface area contributed by atoms with E-state index in [1.165, 1.54) is 11.1 Å². The smallest absolute Gasteiger partial charge is 0.137 e. The van der Waals surface area contributed by atoms with Crippen LogP contribution in [-0.2, 0) is 4.74 Å². The van der Waals surface area contributed by atoms with Gasteiger partial charge in [0.1, 0.15) is 5.65 Å². The Morgan fingerprint density at radius 3 is 3.00 bits per heavy atom. The molecule has 1 aliphatic heterocycles. The molecule has 0 unspecified atom stereocenters. The highest BCUT2D eigenvalue weighted by atomic mass is 16.5. The van der Waals surface area contributed by atoms with E-state index < -0.39 is 0 Å². The fourth-order valence-corrected chi connectivity index (χ4v) is 2.21. The molecule has 78 valence electrons. The lowest BCUT2D eigenvalue weighted by Gasteiger charge is -2.20. The van der Waals surface area contributed by atoms with Crippen molar-refractivity contribution in [2.45, 2.75) is 18.8 Å². The third-order valence-electron chi connectivity index (χ3n) is 3.07. The van der Waals surface area contributed by atoms with Crippen LogP contribution in [0.2, 0.25) is 0 Å². The van der Waals surface area contributed by atoms with E-state index >= 15 is 0 Å². The van der Waals surface area contributed by atoms with E-state index in [2.05, 4.69) is 22.1 Å². The minimum absolute atomic E-state index is 0.618. The van der Waals surface area contributed by atoms with Gasteiger partial charge in [0.25, 0.3) is 0 Å². The van der Waals surface area contributed by atoms with Gasteiger partial charge >= 0.3 is 0 Å². The maximum atomic E-state index is 5.37. The van der Waals surface area contributed by atoms with Gasteiger partial charge in [-0.25, -0.2) is 4.98 Å². The molecule has 1 fully saturated rings. The number of rotatable bonds is 1. The molecule has 3 heteroatoms. The van der Waals surface area contributed by atoms with E-state index in [0.717, 1.165) is 31.7 Å². The van der Waals surface area contributed by atoms with Crippen LogP contribution in [0.5, 0.6) is 0 Å². The van der Waals surface area contributed by atoms with Gasteiger partial charge in [0, 0.05) is 36.4 Å². The molecule has 0 amide bonds. The zero-order chi connectivity index (χ0) is 10.1. The van der Waals surface area contributed by atoms with Crippen molar-refractivity contribution in [3.63, 3.8) is 0 Å². The van der Waals surface area contributed by atoms with Crippen molar-refractivity contribution in [1.82, 2.24) is 9.97 Å². The van der Waals surface area contributed by atoms with Crippen LogP contribution in [0, 0.1) is 0 Å². The largest absolute Gasteiger partial charge is 0.381 e. The lowest BCUT2D eigenvalue weighted by atomic mass is 9.97. The molecule has 1 aliphatic rings. The lowest BCUT2D eigenvalue weighted by Crippen LogP contribution is -2.14. The van der Waals surface area contributed by atoms with E-state index in [1.54, 1.807) is 0 Å². The molecular formula is C12H14N2O. The number of hydrogen-bond acceptors (Lipinski definition) is 2. The average Bonchev–Trinajstić information content (AvgIpc) is 2.74. The Balaban J connectivity index is 1.96. The zero-order valence-electron chi connectivity index (χ0n) is 8.57. The van der Waals surface area contributed by atoms with Gasteiger partial charge in [-0.05, 0) is 31.0 Å². The average molecular weight is 202 g/mol. The number of nitrogens with zero attached hydrogens (tertiary/aromatic N) is 1. The summed E-state index contributed by atoms with van der Waals surface area (Å²) in [5, 5.41) is 1.21. The van der Waals surface area contributed by atoms with E-state index in [0.29, 0.717) is 5.92 Å². The summed E-state index contributed by atoms with van der Waals surface area (Å²) in [5.74, 6) is 0.618. The number of aromatic amines is 1. The second-order valence-electron chi connectivity index (χ2n) is 4.05. The van der Waals surface area contributed by atoms with Crippen LogP contribution in [0.1, 0.15) is 24.5 Å². The molecule has 2 aromatic heterocycles. The minimum Gasteiger partial charge on any atom is -0.381 e. The van der Waals surface area contributed by atoms with Crippen LogP contribution >= 0.6 is 0 Å². The first-order valence-electron chi connectivity index (χ1n) is 5.45. The van der Waals surface area contributed by atoms with Crippen LogP contribution in [0.4, 0.5) is 0 Å². The SMILES string of the molecule is c1cnc2[nH]c(C3CCOCC3)cc2c1. The van der Waals surface area contributed by atoms with Crippen molar-refractivity contribution in [2.24, 2.45) is 0 Å². The van der Waals surface area contributed by atoms with Crippen molar-refractivity contribution < 1.29 is 4.74 Å². The summed E-state index contributed by atoms with van der Waals surface area (Å²) in [6.07, 6.45) is 4.06. The van der Waals surface area contributed by atoms with Gasteiger partial charge in [-0.15, -0.1) is 0 Å². The molecular weight excluding hydrogens is 188 g/mol. The number of fused-ring (bicyclic) bond motifs is 1. The van der Waals surface area contributed by atoms with Gasteiger partial charge in [-0.2, -0.15) is 0 Å². The highest BCUT2D eigenvalue weighted by Crippen LogP contribution is 2.28. The molecule has 1 N–H and O–H groups in total. The summed E-state index contributed by atoms with van der Waals surface area (Å²) < 4.78 is 5.37. The van der Waals surface area contributed by atoms with Gasteiger partial charge < -0.3 is 9.72 Å². The number of hydrogen-bond donors (Lipinski definition) is 1. The first-order valence-corrected chi connectivity index (χ1v) is 5.45. The Morgan fingerprint density at radius 2 is 2.20 bits per heavy atom. The molecule has 0 aliphatic carbocycles. The summed E-state index contributed by atoms with van der Waals surface area (Å²) in [5.41, 5.74) is 2.31. The van der Waals surface area contributed by atoms with Crippen LogP contribution in [0.15, 0.2) is 24.4 Å². The van der Waals surface area contributed by atoms with Gasteiger partial charge in [0.2, 0.25) is 0 Å². The van der Waals surface area contributed by atoms with E-state index in [-0.39, 0.29) is 0 Å². The predicted octanol–water partition coefficient (Wildman–Crippen LogP) is 2.46. The molecule has 3 rings (SSSR count). The molecule has 0 aromatic carbocycles. The Hall–Kier alpha value is -1.35. The van der Waals surface area contributed by atoms with Crippen molar-refractivity contribution in [2.75, 3.05) is 13.2 Å². The van der Waals surface area contributed by atoms with Crippen LogP contribution in [0.25, 0.3) is 11.0 Å². The van der Waals surface area contributed by atoms with Crippen molar-refractivity contribution in [3.8, 4) is 0 Å². The zero-order valence-corrected chi connectivity index (χ0v) is 8.57. The summed E-state index contributed by atoms with van der Waals surface area (Å²) in [7, 11) is 0. The second-order valence-corrected chi connectivity index (χ2v) is 4.05. The van der Waals surface area contributed by atoms with E-state index in [4.69, 9.17) is 4.74 Å². The molecule has 2 aromatic rings.